The summed E-state index contributed by atoms with van der Waals surface area (Å²) in [5, 5.41) is 3.63. The van der Waals surface area contributed by atoms with Gasteiger partial charge in [0.25, 0.3) is 5.91 Å². The van der Waals surface area contributed by atoms with Crippen molar-refractivity contribution in [1.29, 1.82) is 0 Å². The Morgan fingerprint density at radius 2 is 1.70 bits per heavy atom. The van der Waals surface area contributed by atoms with E-state index < -0.39 is 0 Å². The van der Waals surface area contributed by atoms with E-state index in [4.69, 9.17) is 21.1 Å². The summed E-state index contributed by atoms with van der Waals surface area (Å²) in [6.07, 6.45) is 0. The molecule has 5 rings (SSSR count). The number of fused-ring (bicyclic) bond motifs is 1. The van der Waals surface area contributed by atoms with Crippen LogP contribution < -0.4 is 14.8 Å². The second-order valence-electron chi connectivity index (χ2n) is 8.25. The van der Waals surface area contributed by atoms with E-state index in [0.717, 1.165) is 11.1 Å². The lowest BCUT2D eigenvalue weighted by atomic mass is 9.88. The molecule has 1 N–H and O–H groups in total. The molecule has 6 nitrogen and oxygen atoms in total. The molecule has 2 heterocycles. The average molecular weight is 463 g/mol. The molecule has 2 atom stereocenters. The van der Waals surface area contributed by atoms with Crippen molar-refractivity contribution in [2.75, 3.05) is 19.9 Å². The summed E-state index contributed by atoms with van der Waals surface area (Å²) in [5.41, 5.74) is 2.54. The van der Waals surface area contributed by atoms with Crippen molar-refractivity contribution in [3.05, 3.63) is 94.5 Å². The molecule has 168 valence electrons. The maximum atomic E-state index is 13.3. The third kappa shape index (κ3) is 4.52. The molecule has 7 heteroatoms. The molecule has 0 bridgehead atoms. The van der Waals surface area contributed by atoms with Crippen molar-refractivity contribution in [3.63, 3.8) is 0 Å². The molecule has 3 aromatic rings. The highest BCUT2D eigenvalue weighted by molar-refractivity contribution is 6.30. The monoisotopic (exact) mass is 462 g/mol. The van der Waals surface area contributed by atoms with Gasteiger partial charge in [0.1, 0.15) is 0 Å². The first-order valence-corrected chi connectivity index (χ1v) is 11.2. The van der Waals surface area contributed by atoms with Gasteiger partial charge in [-0.05, 0) is 47.5 Å². The van der Waals surface area contributed by atoms with Crippen LogP contribution >= 0.6 is 11.6 Å². The van der Waals surface area contributed by atoms with E-state index in [1.165, 1.54) is 0 Å². The Morgan fingerprint density at radius 3 is 2.48 bits per heavy atom. The Kier molecular flexibility index (Phi) is 5.92. The molecule has 2 aliphatic heterocycles. The fourth-order valence-corrected chi connectivity index (χ4v) is 4.55. The number of hydrogen-bond donors (Lipinski definition) is 1. The molecular weight excluding hydrogens is 440 g/mol. The highest BCUT2D eigenvalue weighted by atomic mass is 35.5. The standard InChI is InChI=1S/C26H23ClN2O4/c27-20-9-7-19(8-10-20)26(31)29-14-21(18-4-2-1-3-5-18)22(15-29)25(30)28-13-17-6-11-23-24(12-17)33-16-32-23/h1-12,21-22H,13-16H2,(H,28,30). The highest BCUT2D eigenvalue weighted by Crippen LogP contribution is 2.35. The van der Waals surface area contributed by atoms with Crippen LogP contribution in [-0.2, 0) is 11.3 Å². The molecule has 1 fully saturated rings. The SMILES string of the molecule is O=C(NCc1ccc2c(c1)OCO2)C1CN(C(=O)c2ccc(Cl)cc2)CC1c1ccccc1. The first-order chi connectivity index (χ1) is 16.1. The van der Waals surface area contributed by atoms with E-state index in [1.54, 1.807) is 29.2 Å². The summed E-state index contributed by atoms with van der Waals surface area (Å²) >= 11 is 5.97. The molecule has 33 heavy (non-hydrogen) atoms. The van der Waals surface area contributed by atoms with Crippen molar-refractivity contribution < 1.29 is 19.1 Å². The Hall–Kier alpha value is -3.51. The van der Waals surface area contributed by atoms with Gasteiger partial charge < -0.3 is 19.7 Å². The van der Waals surface area contributed by atoms with Gasteiger partial charge in [0.05, 0.1) is 5.92 Å². The minimum atomic E-state index is -0.349. The quantitative estimate of drug-likeness (QED) is 0.615. The van der Waals surface area contributed by atoms with Crippen LogP contribution in [0.5, 0.6) is 11.5 Å². The van der Waals surface area contributed by atoms with Crippen LogP contribution in [0.2, 0.25) is 5.02 Å². The maximum absolute atomic E-state index is 13.3. The number of amides is 2. The molecule has 0 aliphatic carbocycles. The summed E-state index contributed by atoms with van der Waals surface area (Å²) in [5.74, 6) is 0.786. The van der Waals surface area contributed by atoms with Crippen LogP contribution in [0.4, 0.5) is 0 Å². The predicted molar refractivity (Wildman–Crippen MR) is 124 cm³/mol. The van der Waals surface area contributed by atoms with Gasteiger partial charge in [0, 0.05) is 36.1 Å². The Morgan fingerprint density at radius 1 is 0.939 bits per heavy atom. The highest BCUT2D eigenvalue weighted by Gasteiger charge is 2.40. The van der Waals surface area contributed by atoms with Crippen LogP contribution in [0, 0.1) is 5.92 Å². The van der Waals surface area contributed by atoms with Gasteiger partial charge in [0.2, 0.25) is 12.7 Å². The first kappa shape index (κ1) is 21.3. The van der Waals surface area contributed by atoms with E-state index >= 15 is 0 Å². The molecule has 0 radical (unpaired) electrons. The van der Waals surface area contributed by atoms with Gasteiger partial charge in [0.15, 0.2) is 11.5 Å². The van der Waals surface area contributed by atoms with Gasteiger partial charge in [-0.25, -0.2) is 0 Å². The minimum absolute atomic E-state index is 0.0760. The summed E-state index contributed by atoms with van der Waals surface area (Å²) in [4.78, 5) is 28.1. The predicted octanol–water partition coefficient (Wildman–Crippen LogP) is 4.24. The maximum Gasteiger partial charge on any atom is 0.253 e. The van der Waals surface area contributed by atoms with Gasteiger partial charge in [-0.2, -0.15) is 0 Å². The number of carbonyl (C=O) groups is 2. The molecular formula is C26H23ClN2O4. The van der Waals surface area contributed by atoms with Crippen LogP contribution in [0.1, 0.15) is 27.4 Å². The van der Waals surface area contributed by atoms with E-state index in [9.17, 15) is 9.59 Å². The molecule has 3 aromatic carbocycles. The van der Waals surface area contributed by atoms with E-state index in [-0.39, 0.29) is 30.4 Å². The van der Waals surface area contributed by atoms with Crippen molar-refractivity contribution in [2.24, 2.45) is 5.92 Å². The number of carbonyl (C=O) groups excluding carboxylic acids is 2. The zero-order valence-corrected chi connectivity index (χ0v) is 18.6. The summed E-state index contributed by atoms with van der Waals surface area (Å²) in [7, 11) is 0. The molecule has 2 amide bonds. The Bertz CT molecular complexity index is 1170. The topological polar surface area (TPSA) is 67.9 Å². The average Bonchev–Trinajstić information content (AvgIpc) is 3.50. The smallest absolute Gasteiger partial charge is 0.253 e. The van der Waals surface area contributed by atoms with E-state index in [0.29, 0.717) is 41.7 Å². The molecule has 0 saturated carbocycles. The molecule has 1 saturated heterocycles. The Labute approximate surface area is 197 Å². The Balaban J connectivity index is 1.32. The number of nitrogens with one attached hydrogen (secondary N) is 1. The van der Waals surface area contributed by atoms with Gasteiger partial charge in [-0.3, -0.25) is 9.59 Å². The fraction of sp³-hybridized carbons (Fsp3) is 0.231. The van der Waals surface area contributed by atoms with Crippen molar-refractivity contribution in [3.8, 4) is 11.5 Å². The molecule has 0 aromatic heterocycles. The first-order valence-electron chi connectivity index (χ1n) is 10.8. The number of likely N-dealkylation sites (tertiary alicyclic amines) is 1. The second kappa shape index (κ2) is 9.16. The normalized spacial score (nSPS) is 18.9. The van der Waals surface area contributed by atoms with Gasteiger partial charge >= 0.3 is 0 Å². The third-order valence-electron chi connectivity index (χ3n) is 6.17. The zero-order chi connectivity index (χ0) is 22.8. The van der Waals surface area contributed by atoms with Gasteiger partial charge in [-0.15, -0.1) is 0 Å². The zero-order valence-electron chi connectivity index (χ0n) is 17.9. The largest absolute Gasteiger partial charge is 0.454 e. The fourth-order valence-electron chi connectivity index (χ4n) is 4.42. The minimum Gasteiger partial charge on any atom is -0.454 e. The van der Waals surface area contributed by atoms with Gasteiger partial charge in [-0.1, -0.05) is 48.0 Å². The van der Waals surface area contributed by atoms with Crippen molar-refractivity contribution in [2.45, 2.75) is 12.5 Å². The molecule has 2 unspecified atom stereocenters. The van der Waals surface area contributed by atoms with Crippen LogP contribution in [0.15, 0.2) is 72.8 Å². The lowest BCUT2D eigenvalue weighted by Gasteiger charge is -2.18. The number of rotatable bonds is 5. The van der Waals surface area contributed by atoms with Crippen molar-refractivity contribution in [1.82, 2.24) is 10.2 Å². The summed E-state index contributed by atoms with van der Waals surface area (Å²) in [6.45, 7) is 1.42. The number of hydrogen-bond acceptors (Lipinski definition) is 4. The van der Waals surface area contributed by atoms with Crippen molar-refractivity contribution >= 4 is 23.4 Å². The number of nitrogens with zero attached hydrogens (tertiary/aromatic N) is 1. The van der Waals surface area contributed by atoms with E-state index in [1.807, 2.05) is 48.5 Å². The molecule has 2 aliphatic rings. The van der Waals surface area contributed by atoms with Crippen LogP contribution in [-0.4, -0.2) is 36.6 Å². The number of benzene rings is 3. The van der Waals surface area contributed by atoms with Crippen LogP contribution in [0.25, 0.3) is 0 Å². The number of ether oxygens (including phenoxy) is 2. The summed E-state index contributed by atoms with van der Waals surface area (Å²) < 4.78 is 10.8. The lowest BCUT2D eigenvalue weighted by Crippen LogP contribution is -2.35. The summed E-state index contributed by atoms with van der Waals surface area (Å²) in [6, 6.07) is 22.4. The van der Waals surface area contributed by atoms with E-state index in [2.05, 4.69) is 5.32 Å². The lowest BCUT2D eigenvalue weighted by molar-refractivity contribution is -0.125. The number of halogens is 1. The van der Waals surface area contributed by atoms with Crippen LogP contribution in [0.3, 0.4) is 0 Å². The third-order valence-corrected chi connectivity index (χ3v) is 6.42. The molecule has 0 spiro atoms. The second-order valence-corrected chi connectivity index (χ2v) is 8.68.